The van der Waals surface area contributed by atoms with Crippen LogP contribution in [0.15, 0.2) is 54.5 Å². The summed E-state index contributed by atoms with van der Waals surface area (Å²) in [6, 6.07) is 10.1. The zero-order valence-electron chi connectivity index (χ0n) is 21.4. The number of likely N-dealkylation sites (N-methyl/N-ethyl adjacent to an activating group) is 1. The summed E-state index contributed by atoms with van der Waals surface area (Å²) in [7, 11) is 3.24. The van der Waals surface area contributed by atoms with Crippen LogP contribution < -0.4 is 0 Å². The van der Waals surface area contributed by atoms with Gasteiger partial charge in [-0.3, -0.25) is 9.88 Å². The molecule has 2 unspecified atom stereocenters. The lowest BCUT2D eigenvalue weighted by Gasteiger charge is -2.43. The summed E-state index contributed by atoms with van der Waals surface area (Å²) in [5, 5.41) is 0. The smallest absolute Gasteiger partial charge is 0.410 e. The molecule has 1 amide bonds. The molecular weight excluding hydrogens is 463 g/mol. The van der Waals surface area contributed by atoms with E-state index < -0.39 is 11.6 Å². The lowest BCUT2D eigenvalue weighted by molar-refractivity contribution is -0.138. The number of halogens is 1. The number of benzene rings is 1. The number of piperazine rings is 1. The Kier molecular flexibility index (Phi) is 7.31. The molecule has 8 nitrogen and oxygen atoms in total. The Morgan fingerprint density at radius 2 is 1.61 bits per heavy atom. The standard InChI is InChI=1S/C27H33FN4O4/c1-27(2,3)36-26(34)32-16-14-31(15-17-32)24-22(19-10-12-29-13-11-19)21(18-6-8-20(28)9-7-18)23(30(24)4)25(33)35-5/h6-13,22,24H,14-17H2,1-5H3. The fourth-order valence-electron chi connectivity index (χ4n) is 5.00. The number of carbonyl (C=O) groups excluding carboxylic acids is 2. The molecule has 2 aliphatic heterocycles. The lowest BCUT2D eigenvalue weighted by atomic mass is 9.85. The van der Waals surface area contributed by atoms with Gasteiger partial charge in [0.1, 0.15) is 17.1 Å². The highest BCUT2D eigenvalue weighted by molar-refractivity contribution is 6.00. The lowest BCUT2D eigenvalue weighted by Crippen LogP contribution is -2.56. The van der Waals surface area contributed by atoms with Crippen LogP contribution in [0, 0.1) is 5.82 Å². The van der Waals surface area contributed by atoms with Crippen molar-refractivity contribution in [2.24, 2.45) is 0 Å². The van der Waals surface area contributed by atoms with Gasteiger partial charge in [-0.2, -0.15) is 0 Å². The largest absolute Gasteiger partial charge is 0.464 e. The third kappa shape index (κ3) is 5.21. The zero-order chi connectivity index (χ0) is 26.0. The minimum atomic E-state index is -0.560. The van der Waals surface area contributed by atoms with E-state index in [1.807, 2.05) is 44.9 Å². The molecule has 0 radical (unpaired) electrons. The molecule has 36 heavy (non-hydrogen) atoms. The number of rotatable bonds is 4. The van der Waals surface area contributed by atoms with Gasteiger partial charge in [0, 0.05) is 57.1 Å². The van der Waals surface area contributed by atoms with Gasteiger partial charge in [-0.15, -0.1) is 0 Å². The van der Waals surface area contributed by atoms with Gasteiger partial charge in [-0.05, 0) is 56.2 Å². The van der Waals surface area contributed by atoms with Crippen molar-refractivity contribution >= 4 is 17.6 Å². The predicted octanol–water partition coefficient (Wildman–Crippen LogP) is 3.71. The van der Waals surface area contributed by atoms with Gasteiger partial charge in [-0.1, -0.05) is 12.1 Å². The van der Waals surface area contributed by atoms with Gasteiger partial charge in [0.05, 0.1) is 13.3 Å². The van der Waals surface area contributed by atoms with E-state index in [0.717, 1.165) is 16.7 Å². The summed E-state index contributed by atoms with van der Waals surface area (Å²) < 4.78 is 24.5. The molecular formula is C27H33FN4O4. The molecule has 3 heterocycles. The number of hydrogen-bond donors (Lipinski definition) is 0. The molecule has 0 saturated carbocycles. The quantitative estimate of drug-likeness (QED) is 0.598. The van der Waals surface area contributed by atoms with E-state index in [-0.39, 0.29) is 24.0 Å². The van der Waals surface area contributed by atoms with Crippen molar-refractivity contribution in [3.05, 3.63) is 71.4 Å². The van der Waals surface area contributed by atoms with E-state index in [1.54, 1.807) is 29.4 Å². The zero-order valence-corrected chi connectivity index (χ0v) is 21.4. The van der Waals surface area contributed by atoms with Crippen LogP contribution in [-0.4, -0.2) is 83.8 Å². The highest BCUT2D eigenvalue weighted by Crippen LogP contribution is 2.47. The van der Waals surface area contributed by atoms with Crippen molar-refractivity contribution in [2.45, 2.75) is 38.5 Å². The molecule has 0 aliphatic carbocycles. The van der Waals surface area contributed by atoms with Crippen LogP contribution in [0.4, 0.5) is 9.18 Å². The number of esters is 1. The predicted molar refractivity (Wildman–Crippen MR) is 133 cm³/mol. The summed E-state index contributed by atoms with van der Waals surface area (Å²) in [5.41, 5.74) is 2.38. The number of carbonyl (C=O) groups is 2. The summed E-state index contributed by atoms with van der Waals surface area (Å²) >= 11 is 0. The summed E-state index contributed by atoms with van der Waals surface area (Å²) in [5.74, 6) is -1.03. The third-order valence-corrected chi connectivity index (χ3v) is 6.55. The first kappa shape index (κ1) is 25.6. The van der Waals surface area contributed by atoms with E-state index in [1.165, 1.54) is 19.2 Å². The van der Waals surface area contributed by atoms with Gasteiger partial charge in [0.2, 0.25) is 0 Å². The maximum Gasteiger partial charge on any atom is 0.410 e. The van der Waals surface area contributed by atoms with Crippen LogP contribution in [0.25, 0.3) is 5.57 Å². The first-order valence-electron chi connectivity index (χ1n) is 12.0. The molecule has 9 heteroatoms. The Labute approximate surface area is 211 Å². The van der Waals surface area contributed by atoms with Crippen LogP contribution >= 0.6 is 0 Å². The average molecular weight is 497 g/mol. The maximum absolute atomic E-state index is 13.8. The summed E-state index contributed by atoms with van der Waals surface area (Å²) in [6.45, 7) is 7.76. The molecule has 1 saturated heterocycles. The molecule has 2 atom stereocenters. The Balaban J connectivity index is 1.70. The van der Waals surface area contributed by atoms with Crippen LogP contribution in [0.3, 0.4) is 0 Å². The molecule has 2 aliphatic rings. The number of ether oxygens (including phenoxy) is 2. The van der Waals surface area contributed by atoms with Crippen molar-refractivity contribution in [1.82, 2.24) is 19.7 Å². The second-order valence-electron chi connectivity index (χ2n) is 10.0. The topological polar surface area (TPSA) is 75.2 Å². The normalized spacial score (nSPS) is 21.1. The van der Waals surface area contributed by atoms with Gasteiger partial charge in [-0.25, -0.2) is 14.0 Å². The van der Waals surface area contributed by atoms with E-state index in [2.05, 4.69) is 9.88 Å². The van der Waals surface area contributed by atoms with Gasteiger partial charge >= 0.3 is 12.1 Å². The number of methoxy groups -OCH3 is 1. The van der Waals surface area contributed by atoms with Gasteiger partial charge in [0.25, 0.3) is 0 Å². The average Bonchev–Trinajstić information content (AvgIpc) is 3.16. The summed E-state index contributed by atoms with van der Waals surface area (Å²) in [4.78, 5) is 35.8. The first-order chi connectivity index (χ1) is 17.1. The molecule has 0 N–H and O–H groups in total. The van der Waals surface area contributed by atoms with Crippen molar-refractivity contribution in [2.75, 3.05) is 40.3 Å². The minimum absolute atomic E-state index is 0.220. The van der Waals surface area contributed by atoms with Crippen LogP contribution in [0.5, 0.6) is 0 Å². The monoisotopic (exact) mass is 496 g/mol. The van der Waals surface area contributed by atoms with E-state index in [9.17, 15) is 14.0 Å². The van der Waals surface area contributed by atoms with Crippen LogP contribution in [0.2, 0.25) is 0 Å². The maximum atomic E-state index is 13.8. The third-order valence-electron chi connectivity index (χ3n) is 6.55. The molecule has 1 aromatic heterocycles. The Morgan fingerprint density at radius 3 is 2.17 bits per heavy atom. The number of nitrogens with zero attached hydrogens (tertiary/aromatic N) is 4. The van der Waals surface area contributed by atoms with Gasteiger partial charge < -0.3 is 19.3 Å². The SMILES string of the molecule is COC(=O)C1=C(c2ccc(F)cc2)C(c2ccncc2)C(N2CCN(C(=O)OC(C)(C)C)CC2)N1C. The number of hydrogen-bond acceptors (Lipinski definition) is 7. The highest BCUT2D eigenvalue weighted by Gasteiger charge is 2.46. The van der Waals surface area contributed by atoms with Crippen molar-refractivity contribution < 1.29 is 23.5 Å². The summed E-state index contributed by atoms with van der Waals surface area (Å²) in [6.07, 6.45) is 2.91. The van der Waals surface area contributed by atoms with E-state index in [4.69, 9.17) is 9.47 Å². The molecule has 192 valence electrons. The van der Waals surface area contributed by atoms with Crippen molar-refractivity contribution in [3.8, 4) is 0 Å². The minimum Gasteiger partial charge on any atom is -0.464 e. The first-order valence-corrected chi connectivity index (χ1v) is 12.0. The van der Waals surface area contributed by atoms with E-state index >= 15 is 0 Å². The molecule has 4 rings (SSSR count). The van der Waals surface area contributed by atoms with Crippen molar-refractivity contribution in [3.63, 3.8) is 0 Å². The Morgan fingerprint density at radius 1 is 1.00 bits per heavy atom. The molecule has 2 aromatic rings. The van der Waals surface area contributed by atoms with Crippen LogP contribution in [-0.2, 0) is 14.3 Å². The van der Waals surface area contributed by atoms with Crippen molar-refractivity contribution in [1.29, 1.82) is 0 Å². The van der Waals surface area contributed by atoms with Crippen LogP contribution in [0.1, 0.15) is 37.8 Å². The highest BCUT2D eigenvalue weighted by atomic mass is 19.1. The second-order valence-corrected chi connectivity index (χ2v) is 10.0. The number of pyridine rings is 1. The molecule has 1 fully saturated rings. The fraction of sp³-hybridized carbons (Fsp3) is 0.444. The Bertz CT molecular complexity index is 1120. The van der Waals surface area contributed by atoms with Gasteiger partial charge in [0.15, 0.2) is 0 Å². The Hall–Kier alpha value is -3.46. The number of amides is 1. The fourth-order valence-corrected chi connectivity index (χ4v) is 5.00. The number of aromatic nitrogens is 1. The van der Waals surface area contributed by atoms with E-state index in [0.29, 0.717) is 31.9 Å². The second kappa shape index (κ2) is 10.3. The molecule has 0 spiro atoms. The molecule has 0 bridgehead atoms. The molecule has 1 aromatic carbocycles.